The van der Waals surface area contributed by atoms with E-state index in [1.54, 1.807) is 0 Å². The van der Waals surface area contributed by atoms with E-state index in [9.17, 15) is 26.4 Å². The molecule has 7 nitrogen and oxygen atoms in total. The molecule has 0 spiro atoms. The zero-order valence-electron chi connectivity index (χ0n) is 16.8. The smallest absolute Gasteiger partial charge is 0.378 e. The number of hydrogen-bond acceptors (Lipinski definition) is 5. The van der Waals surface area contributed by atoms with E-state index in [4.69, 9.17) is 4.74 Å². The maximum atomic E-state index is 13.0. The predicted octanol–water partition coefficient (Wildman–Crippen LogP) is 2.33. The summed E-state index contributed by atoms with van der Waals surface area (Å²) in [6, 6.07) is 4.15. The number of benzene rings is 1. The summed E-state index contributed by atoms with van der Waals surface area (Å²) in [6.07, 6.45) is -2.09. The molecule has 11 heteroatoms. The van der Waals surface area contributed by atoms with Crippen LogP contribution < -0.4 is 4.90 Å². The molecule has 0 unspecified atom stereocenters. The second kappa shape index (κ2) is 9.11. The van der Waals surface area contributed by atoms with E-state index in [-0.39, 0.29) is 10.5 Å². The Balaban J connectivity index is 1.99. The Bertz CT molecular complexity index is 864. The zero-order valence-corrected chi connectivity index (χ0v) is 17.6. The summed E-state index contributed by atoms with van der Waals surface area (Å²) >= 11 is 0. The number of hydrogen-bond donors (Lipinski definition) is 0. The normalized spacial score (nSPS) is 19.0. The van der Waals surface area contributed by atoms with Gasteiger partial charge in [0.15, 0.2) is 0 Å². The molecule has 1 aromatic rings. The van der Waals surface area contributed by atoms with Gasteiger partial charge in [0.25, 0.3) is 5.91 Å². The van der Waals surface area contributed by atoms with Crippen LogP contribution in [0.4, 0.5) is 18.9 Å². The molecule has 1 amide bonds. The molecule has 0 atom stereocenters. The Morgan fingerprint density at radius 1 is 1.10 bits per heavy atom. The number of alkyl halides is 3. The number of nitrogens with zero attached hydrogens (tertiary/aromatic N) is 3. The van der Waals surface area contributed by atoms with E-state index in [1.165, 1.54) is 22.5 Å². The van der Waals surface area contributed by atoms with Gasteiger partial charge in [-0.05, 0) is 31.0 Å². The maximum absolute atomic E-state index is 13.0. The highest BCUT2D eigenvalue weighted by atomic mass is 32.2. The van der Waals surface area contributed by atoms with Crippen molar-refractivity contribution in [1.29, 1.82) is 0 Å². The number of morpholine rings is 1. The monoisotopic (exact) mass is 449 g/mol. The minimum absolute atomic E-state index is 0.0539. The van der Waals surface area contributed by atoms with Gasteiger partial charge < -0.3 is 14.5 Å². The van der Waals surface area contributed by atoms with Crippen molar-refractivity contribution in [2.75, 3.05) is 57.9 Å². The van der Waals surface area contributed by atoms with Gasteiger partial charge in [0, 0.05) is 38.9 Å². The highest BCUT2D eigenvalue weighted by Crippen LogP contribution is 2.29. The molecule has 2 aliphatic heterocycles. The van der Waals surface area contributed by atoms with Gasteiger partial charge in [-0.15, -0.1) is 0 Å². The SMILES string of the molecule is CN(CC(F)(F)F)C(=O)c1cc(S(=O)(=O)N2CCCCC2)ccc1N1CCOCC1. The molecule has 0 aliphatic carbocycles. The molecular weight excluding hydrogens is 423 g/mol. The lowest BCUT2D eigenvalue weighted by atomic mass is 10.1. The van der Waals surface area contributed by atoms with Gasteiger partial charge in [-0.2, -0.15) is 17.5 Å². The van der Waals surface area contributed by atoms with Gasteiger partial charge in [0.2, 0.25) is 10.0 Å². The van der Waals surface area contributed by atoms with Crippen LogP contribution in [0.1, 0.15) is 29.6 Å². The van der Waals surface area contributed by atoms with Crippen molar-refractivity contribution < 1.29 is 31.1 Å². The van der Waals surface area contributed by atoms with Gasteiger partial charge in [-0.3, -0.25) is 4.79 Å². The number of amides is 1. The van der Waals surface area contributed by atoms with E-state index in [0.717, 1.165) is 26.3 Å². The molecule has 2 heterocycles. The third kappa shape index (κ3) is 5.25. The summed E-state index contributed by atoms with van der Waals surface area (Å²) in [7, 11) is -2.77. The van der Waals surface area contributed by atoms with Gasteiger partial charge in [0.1, 0.15) is 6.54 Å². The highest BCUT2D eigenvalue weighted by Gasteiger charge is 2.34. The second-order valence-electron chi connectivity index (χ2n) is 7.52. The van der Waals surface area contributed by atoms with Crippen LogP contribution in [0.2, 0.25) is 0 Å². The molecule has 0 radical (unpaired) electrons. The molecule has 2 fully saturated rings. The van der Waals surface area contributed by atoms with Crippen molar-refractivity contribution in [2.45, 2.75) is 30.3 Å². The van der Waals surface area contributed by atoms with Gasteiger partial charge in [-0.1, -0.05) is 6.42 Å². The van der Waals surface area contributed by atoms with Crippen molar-refractivity contribution in [3.63, 3.8) is 0 Å². The average molecular weight is 449 g/mol. The minimum atomic E-state index is -4.55. The third-order valence-corrected chi connectivity index (χ3v) is 7.16. The Morgan fingerprint density at radius 3 is 2.33 bits per heavy atom. The molecule has 0 N–H and O–H groups in total. The number of anilines is 1. The Hall–Kier alpha value is -1.85. The molecule has 2 aliphatic rings. The van der Waals surface area contributed by atoms with Gasteiger partial charge in [0.05, 0.1) is 23.7 Å². The molecule has 30 heavy (non-hydrogen) atoms. The number of sulfonamides is 1. The number of ether oxygens (including phenoxy) is 1. The Labute approximate surface area is 174 Å². The number of carbonyl (C=O) groups is 1. The fraction of sp³-hybridized carbons (Fsp3) is 0.632. The molecule has 1 aromatic carbocycles. The topological polar surface area (TPSA) is 70.2 Å². The largest absolute Gasteiger partial charge is 0.406 e. The predicted molar refractivity (Wildman–Crippen MR) is 105 cm³/mol. The fourth-order valence-electron chi connectivity index (χ4n) is 3.73. The average Bonchev–Trinajstić information content (AvgIpc) is 2.73. The molecule has 0 saturated carbocycles. The zero-order chi connectivity index (χ0) is 21.9. The summed E-state index contributed by atoms with van der Waals surface area (Å²) < 4.78 is 71.2. The van der Waals surface area contributed by atoms with Crippen molar-refractivity contribution in [1.82, 2.24) is 9.21 Å². The first-order chi connectivity index (χ1) is 14.1. The molecule has 0 bridgehead atoms. The third-order valence-electron chi connectivity index (χ3n) is 5.27. The Morgan fingerprint density at radius 2 is 1.73 bits per heavy atom. The number of halogens is 3. The highest BCUT2D eigenvalue weighted by molar-refractivity contribution is 7.89. The van der Waals surface area contributed by atoms with E-state index >= 15 is 0 Å². The van der Waals surface area contributed by atoms with Gasteiger partial charge in [-0.25, -0.2) is 8.42 Å². The Kier molecular flexibility index (Phi) is 6.93. The van der Waals surface area contributed by atoms with Crippen LogP contribution in [0.5, 0.6) is 0 Å². The van der Waals surface area contributed by atoms with Crippen LogP contribution in [0.25, 0.3) is 0 Å². The molecule has 2 saturated heterocycles. The summed E-state index contributed by atoms with van der Waals surface area (Å²) in [5.41, 5.74) is 0.358. The number of rotatable bonds is 5. The van der Waals surface area contributed by atoms with E-state index in [0.29, 0.717) is 50.0 Å². The van der Waals surface area contributed by atoms with Crippen LogP contribution in [-0.2, 0) is 14.8 Å². The van der Waals surface area contributed by atoms with Crippen LogP contribution in [0.3, 0.4) is 0 Å². The number of carbonyl (C=O) groups excluding carboxylic acids is 1. The van der Waals surface area contributed by atoms with Gasteiger partial charge >= 0.3 is 6.18 Å². The van der Waals surface area contributed by atoms with Crippen molar-refractivity contribution in [3.05, 3.63) is 23.8 Å². The lowest BCUT2D eigenvalue weighted by molar-refractivity contribution is -0.138. The standard InChI is InChI=1S/C19H26F3N3O4S/c1-23(14-19(20,21)22)18(26)16-13-15(30(27,28)25-7-3-2-4-8-25)5-6-17(16)24-9-11-29-12-10-24/h5-6,13H,2-4,7-12,14H2,1H3. The molecule has 0 aromatic heterocycles. The van der Waals surface area contributed by atoms with Crippen LogP contribution in [0.15, 0.2) is 23.1 Å². The van der Waals surface area contributed by atoms with E-state index in [2.05, 4.69) is 0 Å². The maximum Gasteiger partial charge on any atom is 0.406 e. The second-order valence-corrected chi connectivity index (χ2v) is 9.46. The first kappa shape index (κ1) is 22.8. The first-order valence-electron chi connectivity index (χ1n) is 9.89. The fourth-order valence-corrected chi connectivity index (χ4v) is 5.27. The molecular formula is C19H26F3N3O4S. The van der Waals surface area contributed by atoms with E-state index < -0.39 is 28.7 Å². The minimum Gasteiger partial charge on any atom is -0.378 e. The van der Waals surface area contributed by atoms with Crippen LogP contribution in [-0.4, -0.2) is 82.7 Å². The molecule has 3 rings (SSSR count). The van der Waals surface area contributed by atoms with Crippen LogP contribution >= 0.6 is 0 Å². The summed E-state index contributed by atoms with van der Waals surface area (Å²) in [5.74, 6) is -0.871. The van der Waals surface area contributed by atoms with Crippen molar-refractivity contribution in [2.24, 2.45) is 0 Å². The van der Waals surface area contributed by atoms with Crippen LogP contribution in [0, 0.1) is 0 Å². The summed E-state index contributed by atoms with van der Waals surface area (Å²) in [5, 5.41) is 0. The molecule has 168 valence electrons. The lowest BCUT2D eigenvalue weighted by Crippen LogP contribution is -2.40. The number of piperidine rings is 1. The first-order valence-corrected chi connectivity index (χ1v) is 11.3. The summed E-state index contributed by atoms with van der Waals surface area (Å²) in [6.45, 7) is 1.12. The lowest BCUT2D eigenvalue weighted by Gasteiger charge is -2.32. The van der Waals surface area contributed by atoms with Crippen molar-refractivity contribution in [3.8, 4) is 0 Å². The summed E-state index contributed by atoms with van der Waals surface area (Å²) in [4.78, 5) is 15.2. The quantitative estimate of drug-likeness (QED) is 0.690. The van der Waals surface area contributed by atoms with Crippen molar-refractivity contribution >= 4 is 21.6 Å². The van der Waals surface area contributed by atoms with E-state index in [1.807, 2.05) is 4.90 Å².